The molecule has 5 nitrogen and oxygen atoms in total. The maximum Gasteiger partial charge on any atom is 0.235 e. The van der Waals surface area contributed by atoms with E-state index >= 15 is 0 Å². The summed E-state index contributed by atoms with van der Waals surface area (Å²) < 4.78 is 0. The summed E-state index contributed by atoms with van der Waals surface area (Å²) in [6.45, 7) is 1.21. The number of carbonyl (C=O) groups is 2. The number of likely N-dealkylation sites (tertiary alicyclic amines) is 1. The fraction of sp³-hybridized carbons (Fsp3) is 0.316. The third-order valence-electron chi connectivity index (χ3n) is 5.15. The molecule has 4 rings (SSSR count). The van der Waals surface area contributed by atoms with E-state index in [2.05, 4.69) is 10.3 Å². The van der Waals surface area contributed by atoms with E-state index in [0.717, 1.165) is 16.9 Å². The van der Waals surface area contributed by atoms with Crippen LogP contribution in [0.3, 0.4) is 0 Å². The molecule has 24 heavy (non-hydrogen) atoms. The van der Waals surface area contributed by atoms with Crippen molar-refractivity contribution in [3.8, 4) is 0 Å². The van der Waals surface area contributed by atoms with Gasteiger partial charge in [-0.25, -0.2) is 0 Å². The number of amides is 2. The Hall–Kier alpha value is -2.69. The summed E-state index contributed by atoms with van der Waals surface area (Å²) in [4.78, 5) is 31.1. The van der Waals surface area contributed by atoms with E-state index in [0.29, 0.717) is 32.4 Å². The molecule has 1 fully saturated rings. The van der Waals surface area contributed by atoms with E-state index in [1.807, 2.05) is 47.4 Å². The van der Waals surface area contributed by atoms with Gasteiger partial charge in [-0.15, -0.1) is 0 Å². The van der Waals surface area contributed by atoms with Crippen molar-refractivity contribution in [3.05, 3.63) is 59.9 Å². The molecule has 1 spiro atoms. The number of anilines is 1. The van der Waals surface area contributed by atoms with Crippen LogP contribution in [0.25, 0.3) is 0 Å². The monoisotopic (exact) mass is 321 g/mol. The highest BCUT2D eigenvalue weighted by Crippen LogP contribution is 2.44. The molecule has 1 aromatic heterocycles. The number of piperidine rings is 1. The molecule has 0 aliphatic carbocycles. The third-order valence-corrected chi connectivity index (χ3v) is 5.15. The summed E-state index contributed by atoms with van der Waals surface area (Å²) >= 11 is 0. The second-order valence-electron chi connectivity index (χ2n) is 6.46. The number of nitrogens with one attached hydrogen (secondary N) is 1. The zero-order valence-electron chi connectivity index (χ0n) is 13.4. The predicted molar refractivity (Wildman–Crippen MR) is 90.5 cm³/mol. The molecule has 0 saturated carbocycles. The van der Waals surface area contributed by atoms with E-state index in [1.165, 1.54) is 0 Å². The Kier molecular flexibility index (Phi) is 3.56. The summed E-state index contributed by atoms with van der Waals surface area (Å²) in [5.41, 5.74) is 2.30. The Morgan fingerprint density at radius 2 is 1.88 bits per heavy atom. The first kappa shape index (κ1) is 14.9. The van der Waals surface area contributed by atoms with Crippen LogP contribution < -0.4 is 5.32 Å². The van der Waals surface area contributed by atoms with Crippen molar-refractivity contribution < 1.29 is 9.59 Å². The van der Waals surface area contributed by atoms with Gasteiger partial charge in [0.2, 0.25) is 11.8 Å². The smallest absolute Gasteiger partial charge is 0.235 e. The fourth-order valence-electron chi connectivity index (χ4n) is 3.78. The molecule has 2 aliphatic heterocycles. The summed E-state index contributed by atoms with van der Waals surface area (Å²) in [6.07, 6.45) is 3.36. The number of para-hydroxylation sites is 1. The molecule has 2 aromatic rings. The molecular weight excluding hydrogens is 302 g/mol. The van der Waals surface area contributed by atoms with Crippen molar-refractivity contribution in [1.82, 2.24) is 9.88 Å². The van der Waals surface area contributed by atoms with Crippen LogP contribution in [0, 0.1) is 0 Å². The van der Waals surface area contributed by atoms with Gasteiger partial charge in [0.1, 0.15) is 0 Å². The third kappa shape index (κ3) is 2.37. The van der Waals surface area contributed by atoms with Crippen LogP contribution in [0.4, 0.5) is 5.69 Å². The first-order valence-corrected chi connectivity index (χ1v) is 8.28. The van der Waals surface area contributed by atoms with Gasteiger partial charge in [0.25, 0.3) is 0 Å². The van der Waals surface area contributed by atoms with Crippen molar-refractivity contribution in [1.29, 1.82) is 0 Å². The SMILES string of the molecule is O=C(Cc1ccccn1)N1CCC2(CC1)C(=O)Nc1ccccc12. The minimum atomic E-state index is -0.474. The number of hydrogen-bond acceptors (Lipinski definition) is 3. The number of pyridine rings is 1. The molecule has 122 valence electrons. The van der Waals surface area contributed by atoms with Crippen molar-refractivity contribution in [2.24, 2.45) is 0 Å². The van der Waals surface area contributed by atoms with Gasteiger partial charge in [0.05, 0.1) is 11.8 Å². The molecule has 3 heterocycles. The Balaban J connectivity index is 1.47. The van der Waals surface area contributed by atoms with Crippen LogP contribution in [0.2, 0.25) is 0 Å². The number of benzene rings is 1. The van der Waals surface area contributed by atoms with Gasteiger partial charge in [-0.2, -0.15) is 0 Å². The summed E-state index contributed by atoms with van der Waals surface area (Å²) in [7, 11) is 0. The van der Waals surface area contributed by atoms with Gasteiger partial charge in [0, 0.05) is 30.7 Å². The van der Waals surface area contributed by atoms with E-state index in [1.54, 1.807) is 6.20 Å². The van der Waals surface area contributed by atoms with Crippen molar-refractivity contribution in [2.75, 3.05) is 18.4 Å². The Bertz CT molecular complexity index is 780. The Labute approximate surface area is 140 Å². The van der Waals surface area contributed by atoms with Crippen LogP contribution in [0.5, 0.6) is 0 Å². The molecule has 0 radical (unpaired) electrons. The van der Waals surface area contributed by atoms with E-state index in [4.69, 9.17) is 0 Å². The van der Waals surface area contributed by atoms with Crippen LogP contribution >= 0.6 is 0 Å². The molecule has 2 aliphatic rings. The normalized spacial score (nSPS) is 18.3. The molecule has 1 N–H and O–H groups in total. The highest BCUT2D eigenvalue weighted by Gasteiger charge is 2.48. The second-order valence-corrected chi connectivity index (χ2v) is 6.46. The standard InChI is InChI=1S/C19H19N3O2/c23-17(13-14-5-3-4-10-20-14)22-11-8-19(9-12-22)15-6-1-2-7-16(15)21-18(19)24/h1-7,10H,8-9,11-13H2,(H,21,24). The van der Waals surface area contributed by atoms with Gasteiger partial charge in [-0.05, 0) is 36.6 Å². The minimum Gasteiger partial charge on any atom is -0.342 e. The first-order valence-electron chi connectivity index (χ1n) is 8.28. The predicted octanol–water partition coefficient (Wildman–Crippen LogP) is 2.14. The van der Waals surface area contributed by atoms with Gasteiger partial charge >= 0.3 is 0 Å². The quantitative estimate of drug-likeness (QED) is 0.922. The summed E-state index contributed by atoms with van der Waals surface area (Å²) in [6, 6.07) is 13.5. The van der Waals surface area contributed by atoms with Crippen LogP contribution in [0.1, 0.15) is 24.1 Å². The fourth-order valence-corrected chi connectivity index (χ4v) is 3.78. The van der Waals surface area contributed by atoms with Crippen LogP contribution in [-0.2, 0) is 21.4 Å². The van der Waals surface area contributed by atoms with Gasteiger partial charge in [-0.3, -0.25) is 14.6 Å². The zero-order chi connectivity index (χ0) is 16.6. The van der Waals surface area contributed by atoms with Crippen LogP contribution in [0.15, 0.2) is 48.7 Å². The van der Waals surface area contributed by atoms with Crippen molar-refractivity contribution in [3.63, 3.8) is 0 Å². The largest absolute Gasteiger partial charge is 0.342 e. The highest BCUT2D eigenvalue weighted by molar-refractivity contribution is 6.06. The number of nitrogens with zero attached hydrogens (tertiary/aromatic N) is 2. The summed E-state index contributed by atoms with van der Waals surface area (Å²) in [5, 5.41) is 2.99. The molecule has 0 atom stereocenters. The maximum absolute atomic E-state index is 12.6. The number of carbonyl (C=O) groups excluding carboxylic acids is 2. The van der Waals surface area contributed by atoms with Gasteiger partial charge in [0.15, 0.2) is 0 Å². The van der Waals surface area contributed by atoms with E-state index < -0.39 is 5.41 Å². The number of fused-ring (bicyclic) bond motifs is 2. The topological polar surface area (TPSA) is 62.3 Å². The maximum atomic E-state index is 12.6. The number of hydrogen-bond donors (Lipinski definition) is 1. The van der Waals surface area contributed by atoms with E-state index in [-0.39, 0.29) is 11.8 Å². The van der Waals surface area contributed by atoms with Crippen LogP contribution in [-0.4, -0.2) is 34.8 Å². The average Bonchev–Trinajstić information content (AvgIpc) is 2.88. The number of rotatable bonds is 2. The molecule has 2 amide bonds. The Morgan fingerprint density at radius 1 is 1.12 bits per heavy atom. The lowest BCUT2D eigenvalue weighted by molar-refractivity contribution is -0.134. The average molecular weight is 321 g/mol. The zero-order valence-corrected chi connectivity index (χ0v) is 13.4. The van der Waals surface area contributed by atoms with E-state index in [9.17, 15) is 9.59 Å². The molecule has 0 bridgehead atoms. The second kappa shape index (κ2) is 5.74. The lowest BCUT2D eigenvalue weighted by atomic mass is 9.73. The Morgan fingerprint density at radius 3 is 2.62 bits per heavy atom. The van der Waals surface area contributed by atoms with Gasteiger partial charge < -0.3 is 10.2 Å². The lowest BCUT2D eigenvalue weighted by Crippen LogP contribution is -2.48. The molecular formula is C19H19N3O2. The first-order chi connectivity index (χ1) is 11.7. The minimum absolute atomic E-state index is 0.0699. The molecule has 1 saturated heterocycles. The molecule has 5 heteroatoms. The molecule has 1 aromatic carbocycles. The van der Waals surface area contributed by atoms with Gasteiger partial charge in [-0.1, -0.05) is 24.3 Å². The molecule has 0 unspecified atom stereocenters. The summed E-state index contributed by atoms with van der Waals surface area (Å²) in [5.74, 6) is 0.149. The van der Waals surface area contributed by atoms with Crippen molar-refractivity contribution in [2.45, 2.75) is 24.7 Å². The lowest BCUT2D eigenvalue weighted by Gasteiger charge is -2.38. The highest BCUT2D eigenvalue weighted by atomic mass is 16.2. The van der Waals surface area contributed by atoms with Crippen molar-refractivity contribution >= 4 is 17.5 Å². The number of aromatic nitrogens is 1.